The first-order valence-electron chi connectivity index (χ1n) is 10.9. The van der Waals surface area contributed by atoms with Crippen molar-refractivity contribution < 1.29 is 9.21 Å². The Morgan fingerprint density at radius 1 is 1.23 bits per heavy atom. The number of aryl methyl sites for hydroxylation is 1. The van der Waals surface area contributed by atoms with Gasteiger partial charge in [0.15, 0.2) is 0 Å². The Hall–Kier alpha value is -3.13. The molecule has 0 radical (unpaired) electrons. The minimum atomic E-state index is -0.479. The number of aromatic nitrogens is 3. The molecule has 0 spiro atoms. The molecule has 3 aromatic heterocycles. The van der Waals surface area contributed by atoms with Gasteiger partial charge in [0.1, 0.15) is 11.8 Å². The molecule has 3 atom stereocenters. The van der Waals surface area contributed by atoms with Crippen LogP contribution < -0.4 is 10.9 Å². The molecule has 1 amide bonds. The van der Waals surface area contributed by atoms with Crippen LogP contribution in [0.1, 0.15) is 41.9 Å². The van der Waals surface area contributed by atoms with E-state index in [2.05, 4.69) is 20.4 Å². The van der Waals surface area contributed by atoms with Crippen LogP contribution in [0, 0.1) is 5.92 Å². The molecule has 5 heterocycles. The fourth-order valence-electron chi connectivity index (χ4n) is 5.14. The zero-order valence-electron chi connectivity index (χ0n) is 17.4. The summed E-state index contributed by atoms with van der Waals surface area (Å²) in [7, 11) is 0. The van der Waals surface area contributed by atoms with Gasteiger partial charge in [-0.15, -0.1) is 0 Å². The smallest absolute Gasteiger partial charge is 0.251 e. The van der Waals surface area contributed by atoms with Crippen LogP contribution in [0.5, 0.6) is 0 Å². The average Bonchev–Trinajstić information content (AvgIpc) is 3.46. The number of piperidine rings is 1. The number of furan rings is 1. The number of carbonyl (C=O) groups is 1. The van der Waals surface area contributed by atoms with Gasteiger partial charge in [0, 0.05) is 68.1 Å². The largest absolute Gasteiger partial charge is 0.469 e. The quantitative estimate of drug-likeness (QED) is 0.570. The molecule has 8 nitrogen and oxygen atoms in total. The lowest BCUT2D eigenvalue weighted by molar-refractivity contribution is -0.127. The Morgan fingerprint density at radius 2 is 2.16 bits per heavy atom. The molecule has 1 fully saturated rings. The minimum absolute atomic E-state index is 0.0687. The van der Waals surface area contributed by atoms with Gasteiger partial charge in [0.05, 0.1) is 6.26 Å². The van der Waals surface area contributed by atoms with Crippen molar-refractivity contribution in [3.63, 3.8) is 0 Å². The second-order valence-electron chi connectivity index (χ2n) is 8.55. The van der Waals surface area contributed by atoms with Crippen LogP contribution in [0.15, 0.2) is 58.1 Å². The van der Waals surface area contributed by atoms with Crippen LogP contribution in [0.25, 0.3) is 0 Å². The van der Waals surface area contributed by atoms with Crippen molar-refractivity contribution in [3.05, 3.63) is 76.4 Å². The van der Waals surface area contributed by atoms with Gasteiger partial charge in [-0.25, -0.2) is 0 Å². The third-order valence-corrected chi connectivity index (χ3v) is 6.42. The van der Waals surface area contributed by atoms with E-state index < -0.39 is 6.04 Å². The molecule has 2 N–H and O–H groups in total. The predicted octanol–water partition coefficient (Wildman–Crippen LogP) is 2.07. The van der Waals surface area contributed by atoms with Gasteiger partial charge in [-0.2, -0.15) is 5.10 Å². The molecule has 2 aliphatic rings. The number of aromatic amines is 1. The van der Waals surface area contributed by atoms with E-state index in [-0.39, 0.29) is 23.3 Å². The Labute approximate surface area is 180 Å². The predicted molar refractivity (Wildman–Crippen MR) is 114 cm³/mol. The minimum Gasteiger partial charge on any atom is -0.469 e. The first kappa shape index (κ1) is 19.8. The zero-order chi connectivity index (χ0) is 21.2. The summed E-state index contributed by atoms with van der Waals surface area (Å²) >= 11 is 0. The van der Waals surface area contributed by atoms with Crippen molar-refractivity contribution in [2.75, 3.05) is 19.6 Å². The third kappa shape index (κ3) is 4.07. The molecule has 2 bridgehead atoms. The van der Waals surface area contributed by atoms with Gasteiger partial charge in [-0.1, -0.05) is 6.07 Å². The highest BCUT2D eigenvalue weighted by molar-refractivity contribution is 5.81. The SMILES string of the molecule is O=C(NCCCc1ccco1)[C@H]1[C@H]2C[C@H](CN(Cc3ccn[nH]3)C2)c2cccc(=O)n21. The second kappa shape index (κ2) is 8.55. The number of hydrogen-bond donors (Lipinski definition) is 2. The van der Waals surface area contributed by atoms with Crippen LogP contribution in [-0.4, -0.2) is 45.2 Å². The second-order valence-corrected chi connectivity index (χ2v) is 8.55. The van der Waals surface area contributed by atoms with Crippen LogP contribution in [0.2, 0.25) is 0 Å². The van der Waals surface area contributed by atoms with Gasteiger partial charge < -0.3 is 9.73 Å². The lowest BCUT2D eigenvalue weighted by Gasteiger charge is -2.46. The van der Waals surface area contributed by atoms with Gasteiger partial charge in [0.25, 0.3) is 5.56 Å². The van der Waals surface area contributed by atoms with Gasteiger partial charge in [-0.05, 0) is 37.1 Å². The molecule has 0 aromatic carbocycles. The number of pyridine rings is 1. The average molecular weight is 422 g/mol. The van der Waals surface area contributed by atoms with Gasteiger partial charge in [-0.3, -0.25) is 24.2 Å². The Morgan fingerprint density at radius 3 is 2.97 bits per heavy atom. The standard InChI is InChI=1S/C23H27N5O3/c29-21-7-1-6-20-16-12-17(14-27(13-16)15-18-8-10-25-26-18)22(28(20)21)23(30)24-9-2-4-19-5-3-11-31-19/h1,3,5-8,10-11,16-17,22H,2,4,9,12-15H2,(H,24,30)(H,25,26)/t16-,17+,22-/m1/s1. The van der Waals surface area contributed by atoms with Crippen molar-refractivity contribution in [2.24, 2.45) is 5.92 Å². The molecule has 0 saturated carbocycles. The number of H-pyrrole nitrogens is 1. The number of hydrogen-bond acceptors (Lipinski definition) is 5. The Balaban J connectivity index is 1.33. The Kier molecular flexibility index (Phi) is 5.46. The normalized spacial score (nSPS) is 22.8. The topological polar surface area (TPSA) is 96.2 Å². The molecule has 0 unspecified atom stereocenters. The Bertz CT molecular complexity index is 1070. The van der Waals surface area contributed by atoms with Gasteiger partial charge >= 0.3 is 0 Å². The number of rotatable bonds is 7. The lowest BCUT2D eigenvalue weighted by atomic mass is 9.78. The van der Waals surface area contributed by atoms with Crippen molar-refractivity contribution in [1.29, 1.82) is 0 Å². The summed E-state index contributed by atoms with van der Waals surface area (Å²) in [6.07, 6.45) is 5.91. The first-order chi connectivity index (χ1) is 15.2. The van der Waals surface area contributed by atoms with E-state index in [1.165, 1.54) is 0 Å². The molecule has 1 saturated heterocycles. The summed E-state index contributed by atoms with van der Waals surface area (Å²) in [6.45, 7) is 2.97. The van der Waals surface area contributed by atoms with Crippen molar-refractivity contribution in [3.8, 4) is 0 Å². The number of amides is 1. The molecule has 3 aromatic rings. The molecule has 5 rings (SSSR count). The van der Waals surface area contributed by atoms with E-state index in [4.69, 9.17) is 4.42 Å². The van der Waals surface area contributed by atoms with E-state index >= 15 is 0 Å². The molecule has 162 valence electrons. The van der Waals surface area contributed by atoms with E-state index in [0.717, 1.165) is 56.0 Å². The summed E-state index contributed by atoms with van der Waals surface area (Å²) in [5.74, 6) is 1.19. The van der Waals surface area contributed by atoms with Crippen LogP contribution >= 0.6 is 0 Å². The number of likely N-dealkylation sites (tertiary alicyclic amines) is 1. The van der Waals surface area contributed by atoms with E-state index in [1.807, 2.05) is 24.3 Å². The van der Waals surface area contributed by atoms with Gasteiger partial charge in [0.2, 0.25) is 5.91 Å². The van der Waals surface area contributed by atoms with E-state index in [0.29, 0.717) is 6.54 Å². The summed E-state index contributed by atoms with van der Waals surface area (Å²) in [5.41, 5.74) is 1.93. The van der Waals surface area contributed by atoms with E-state index in [9.17, 15) is 9.59 Å². The van der Waals surface area contributed by atoms with Crippen LogP contribution in [0.4, 0.5) is 0 Å². The number of nitrogens with one attached hydrogen (secondary N) is 2. The highest BCUT2D eigenvalue weighted by Crippen LogP contribution is 2.41. The first-order valence-corrected chi connectivity index (χ1v) is 10.9. The number of fused-ring (bicyclic) bond motifs is 4. The molecular weight excluding hydrogens is 394 g/mol. The van der Waals surface area contributed by atoms with Crippen molar-refractivity contribution in [2.45, 2.75) is 37.8 Å². The molecule has 2 aliphatic heterocycles. The highest BCUT2D eigenvalue weighted by atomic mass is 16.3. The zero-order valence-corrected chi connectivity index (χ0v) is 17.4. The fourth-order valence-corrected chi connectivity index (χ4v) is 5.14. The van der Waals surface area contributed by atoms with Crippen LogP contribution in [-0.2, 0) is 17.8 Å². The monoisotopic (exact) mass is 421 g/mol. The summed E-state index contributed by atoms with van der Waals surface area (Å²) in [5, 5.41) is 10.1. The molecule has 8 heteroatoms. The molecule has 31 heavy (non-hydrogen) atoms. The highest BCUT2D eigenvalue weighted by Gasteiger charge is 2.43. The van der Waals surface area contributed by atoms with Crippen LogP contribution in [0.3, 0.4) is 0 Å². The number of carbonyl (C=O) groups excluding carboxylic acids is 1. The summed E-state index contributed by atoms with van der Waals surface area (Å²) < 4.78 is 7.10. The fraction of sp³-hybridized carbons (Fsp3) is 0.435. The maximum absolute atomic E-state index is 13.3. The summed E-state index contributed by atoms with van der Waals surface area (Å²) in [6, 6.07) is 10.7. The maximum atomic E-state index is 13.3. The summed E-state index contributed by atoms with van der Waals surface area (Å²) in [4.78, 5) is 28.4. The van der Waals surface area contributed by atoms with Crippen molar-refractivity contribution >= 4 is 5.91 Å². The number of nitrogens with zero attached hydrogens (tertiary/aromatic N) is 3. The molecular formula is C23H27N5O3. The third-order valence-electron chi connectivity index (χ3n) is 6.42. The van der Waals surface area contributed by atoms with Crippen molar-refractivity contribution in [1.82, 2.24) is 25.0 Å². The van der Waals surface area contributed by atoms with E-state index in [1.54, 1.807) is 29.2 Å². The maximum Gasteiger partial charge on any atom is 0.251 e. The molecule has 0 aliphatic carbocycles. The lowest BCUT2D eigenvalue weighted by Crippen LogP contribution is -2.53.